The van der Waals surface area contributed by atoms with Gasteiger partial charge < -0.3 is 5.11 Å². The molecule has 0 saturated carbocycles. The summed E-state index contributed by atoms with van der Waals surface area (Å²) in [7, 11) is 0. The van der Waals surface area contributed by atoms with Gasteiger partial charge in [-0.05, 0) is 17.2 Å². The van der Waals surface area contributed by atoms with Crippen molar-refractivity contribution in [3.63, 3.8) is 0 Å². The second-order valence-electron chi connectivity index (χ2n) is 2.98. The fourth-order valence-electron chi connectivity index (χ4n) is 1.53. The van der Waals surface area contributed by atoms with Gasteiger partial charge in [-0.25, -0.2) is 4.79 Å². The van der Waals surface area contributed by atoms with Gasteiger partial charge in [-0.2, -0.15) is 0 Å². The van der Waals surface area contributed by atoms with Crippen molar-refractivity contribution >= 4 is 12.2 Å². The van der Waals surface area contributed by atoms with Crippen LogP contribution in [0.2, 0.25) is 0 Å². The molecule has 1 aromatic carbocycles. The van der Waals surface area contributed by atoms with Crippen molar-refractivity contribution < 1.29 is 9.90 Å². The van der Waals surface area contributed by atoms with Crippen molar-refractivity contribution in [3.8, 4) is 0 Å². The summed E-state index contributed by atoms with van der Waals surface area (Å²) in [5.74, 6) is -0.867. The molecular formula is C10H9NO2. The van der Waals surface area contributed by atoms with Crippen LogP contribution in [0.15, 0.2) is 23.2 Å². The van der Waals surface area contributed by atoms with E-state index in [1.807, 2.05) is 12.3 Å². The van der Waals surface area contributed by atoms with E-state index in [0.29, 0.717) is 12.1 Å². The van der Waals surface area contributed by atoms with Crippen LogP contribution in [0, 0.1) is 0 Å². The fraction of sp³-hybridized carbons (Fsp3) is 0.200. The lowest BCUT2D eigenvalue weighted by atomic mass is 9.97. The first kappa shape index (κ1) is 7.98. The van der Waals surface area contributed by atoms with Crippen LogP contribution in [0.25, 0.3) is 0 Å². The smallest absolute Gasteiger partial charge is 0.336 e. The summed E-state index contributed by atoms with van der Waals surface area (Å²) in [5.41, 5.74) is 2.32. The van der Waals surface area contributed by atoms with Gasteiger partial charge in [-0.1, -0.05) is 12.1 Å². The summed E-state index contributed by atoms with van der Waals surface area (Å²) in [4.78, 5) is 14.9. The Hall–Kier alpha value is -1.64. The molecule has 0 amide bonds. The van der Waals surface area contributed by atoms with Crippen molar-refractivity contribution in [1.82, 2.24) is 0 Å². The summed E-state index contributed by atoms with van der Waals surface area (Å²) in [6, 6.07) is 5.36. The second-order valence-corrected chi connectivity index (χ2v) is 2.98. The molecule has 0 saturated heterocycles. The Bertz CT molecular complexity index is 383. The van der Waals surface area contributed by atoms with E-state index in [-0.39, 0.29) is 0 Å². The van der Waals surface area contributed by atoms with Crippen molar-refractivity contribution in [1.29, 1.82) is 0 Å². The highest BCUT2D eigenvalue weighted by Gasteiger charge is 2.14. The minimum absolute atomic E-state index is 0.384. The normalized spacial score (nSPS) is 13.8. The first-order valence-corrected chi connectivity index (χ1v) is 4.11. The quantitative estimate of drug-likeness (QED) is 0.703. The second kappa shape index (κ2) is 3.01. The average Bonchev–Trinajstić information content (AvgIpc) is 2.17. The monoisotopic (exact) mass is 175 g/mol. The third-order valence-electron chi connectivity index (χ3n) is 2.19. The number of nitrogens with zero attached hydrogens (tertiary/aromatic N) is 1. The molecule has 13 heavy (non-hydrogen) atoms. The fourth-order valence-corrected chi connectivity index (χ4v) is 1.53. The molecule has 0 unspecified atom stereocenters. The Balaban J connectivity index is 2.55. The number of hydrogen-bond donors (Lipinski definition) is 1. The summed E-state index contributed by atoms with van der Waals surface area (Å²) in [6.07, 6.45) is 2.57. The average molecular weight is 175 g/mol. The molecule has 3 heteroatoms. The van der Waals surface area contributed by atoms with Gasteiger partial charge in [0.05, 0.1) is 12.1 Å². The lowest BCUT2D eigenvalue weighted by Gasteiger charge is -2.12. The number of carbonyl (C=O) groups is 1. The number of carboxylic acid groups (broad SMARTS) is 1. The third-order valence-corrected chi connectivity index (χ3v) is 2.19. The Morgan fingerprint density at radius 3 is 3.08 bits per heavy atom. The van der Waals surface area contributed by atoms with Crippen molar-refractivity contribution in [2.75, 3.05) is 0 Å². The van der Waals surface area contributed by atoms with Gasteiger partial charge in [-0.3, -0.25) is 4.99 Å². The topological polar surface area (TPSA) is 49.7 Å². The zero-order valence-corrected chi connectivity index (χ0v) is 7.03. The maximum Gasteiger partial charge on any atom is 0.336 e. The minimum atomic E-state index is -0.867. The number of fused-ring (bicyclic) bond motifs is 1. The Kier molecular flexibility index (Phi) is 1.85. The maximum absolute atomic E-state index is 10.8. The Morgan fingerprint density at radius 2 is 2.31 bits per heavy atom. The molecule has 1 aliphatic heterocycles. The molecule has 0 bridgehead atoms. The van der Waals surface area contributed by atoms with E-state index in [0.717, 1.165) is 17.5 Å². The van der Waals surface area contributed by atoms with E-state index < -0.39 is 5.97 Å². The predicted octanol–water partition coefficient (Wildman–Crippen LogP) is 1.51. The van der Waals surface area contributed by atoms with Crippen LogP contribution in [0.1, 0.15) is 21.5 Å². The van der Waals surface area contributed by atoms with Crippen LogP contribution in [-0.2, 0) is 13.0 Å². The SMILES string of the molecule is O=C(O)c1cccc2c1CN=CC2. The van der Waals surface area contributed by atoms with Gasteiger partial charge in [0.2, 0.25) is 0 Å². The van der Waals surface area contributed by atoms with Crippen molar-refractivity contribution in [2.45, 2.75) is 13.0 Å². The largest absolute Gasteiger partial charge is 0.478 e. The highest BCUT2D eigenvalue weighted by atomic mass is 16.4. The Morgan fingerprint density at radius 1 is 1.46 bits per heavy atom. The molecule has 66 valence electrons. The molecule has 1 aliphatic rings. The molecule has 0 atom stereocenters. The van der Waals surface area contributed by atoms with Gasteiger partial charge in [0, 0.05) is 12.6 Å². The molecule has 1 N–H and O–H groups in total. The number of aliphatic imine (C=N–C) groups is 1. The first-order chi connectivity index (χ1) is 6.29. The van der Waals surface area contributed by atoms with Crippen LogP contribution >= 0.6 is 0 Å². The number of rotatable bonds is 1. The lowest BCUT2D eigenvalue weighted by molar-refractivity contribution is 0.0695. The van der Waals surface area contributed by atoms with E-state index in [4.69, 9.17) is 5.11 Å². The zero-order chi connectivity index (χ0) is 9.26. The van der Waals surface area contributed by atoms with Crippen LogP contribution in [0.3, 0.4) is 0 Å². The summed E-state index contributed by atoms with van der Waals surface area (Å²) in [5, 5.41) is 8.89. The summed E-state index contributed by atoms with van der Waals surface area (Å²) >= 11 is 0. The third kappa shape index (κ3) is 1.33. The van der Waals surface area contributed by atoms with Gasteiger partial charge in [0.15, 0.2) is 0 Å². The van der Waals surface area contributed by atoms with Gasteiger partial charge in [0.1, 0.15) is 0 Å². The standard InChI is InChI=1S/C10H9NO2/c12-10(13)8-3-1-2-7-4-5-11-6-9(7)8/h1-3,5H,4,6H2,(H,12,13). The number of hydrogen-bond acceptors (Lipinski definition) is 2. The van der Waals surface area contributed by atoms with Crippen LogP contribution < -0.4 is 0 Å². The van der Waals surface area contributed by atoms with Gasteiger partial charge in [0.25, 0.3) is 0 Å². The Labute approximate surface area is 75.7 Å². The molecule has 0 aliphatic carbocycles. The number of carboxylic acids is 1. The van der Waals surface area contributed by atoms with E-state index in [2.05, 4.69) is 4.99 Å². The van der Waals surface area contributed by atoms with Gasteiger partial charge >= 0.3 is 5.97 Å². The van der Waals surface area contributed by atoms with E-state index in [1.165, 1.54) is 0 Å². The van der Waals surface area contributed by atoms with Crippen molar-refractivity contribution in [3.05, 3.63) is 34.9 Å². The predicted molar refractivity (Wildman–Crippen MR) is 49.3 cm³/mol. The lowest BCUT2D eigenvalue weighted by Crippen LogP contribution is -2.08. The summed E-state index contributed by atoms with van der Waals surface area (Å²) < 4.78 is 0. The molecule has 3 nitrogen and oxygen atoms in total. The highest BCUT2D eigenvalue weighted by molar-refractivity contribution is 5.90. The molecule has 0 aromatic heterocycles. The molecule has 1 aromatic rings. The molecule has 0 spiro atoms. The minimum Gasteiger partial charge on any atom is -0.478 e. The van der Waals surface area contributed by atoms with E-state index >= 15 is 0 Å². The number of aromatic carboxylic acids is 1. The molecular weight excluding hydrogens is 166 g/mol. The molecule has 2 rings (SSSR count). The number of benzene rings is 1. The maximum atomic E-state index is 10.8. The van der Waals surface area contributed by atoms with E-state index in [1.54, 1.807) is 12.1 Å². The highest BCUT2D eigenvalue weighted by Crippen LogP contribution is 2.19. The summed E-state index contributed by atoms with van der Waals surface area (Å²) in [6.45, 7) is 0.498. The van der Waals surface area contributed by atoms with Crippen molar-refractivity contribution in [2.24, 2.45) is 4.99 Å². The first-order valence-electron chi connectivity index (χ1n) is 4.11. The van der Waals surface area contributed by atoms with Crippen LogP contribution in [0.4, 0.5) is 0 Å². The molecule has 1 heterocycles. The van der Waals surface area contributed by atoms with Crippen LogP contribution in [-0.4, -0.2) is 17.3 Å². The van der Waals surface area contributed by atoms with Crippen LogP contribution in [0.5, 0.6) is 0 Å². The zero-order valence-electron chi connectivity index (χ0n) is 7.03. The molecule has 0 fully saturated rings. The van der Waals surface area contributed by atoms with Gasteiger partial charge in [-0.15, -0.1) is 0 Å². The molecule has 0 radical (unpaired) electrons. The van der Waals surface area contributed by atoms with E-state index in [9.17, 15) is 4.79 Å².